The Morgan fingerprint density at radius 3 is 2.21 bits per heavy atom. The Bertz CT molecular complexity index is 983. The number of amides is 1. The van der Waals surface area contributed by atoms with Gasteiger partial charge in [0.25, 0.3) is 5.91 Å². The number of aliphatic imine (C=N–C) groups is 1. The van der Waals surface area contributed by atoms with Gasteiger partial charge in [0.1, 0.15) is 5.66 Å². The third kappa shape index (κ3) is 8.56. The molecule has 0 radical (unpaired) electrons. The van der Waals surface area contributed by atoms with Crippen LogP contribution in [-0.2, 0) is 9.59 Å². The van der Waals surface area contributed by atoms with E-state index in [-0.39, 0.29) is 28.4 Å². The number of carbonyl (C=O) groups is 2. The quantitative estimate of drug-likeness (QED) is 0.230. The molecule has 39 heavy (non-hydrogen) atoms. The molecular formula is C33H55N3O3. The highest BCUT2D eigenvalue weighted by Gasteiger charge is 2.53. The molecule has 1 spiro atoms. The Morgan fingerprint density at radius 2 is 1.74 bits per heavy atom. The zero-order valence-electron chi connectivity index (χ0n) is 26.4. The van der Waals surface area contributed by atoms with Crippen LogP contribution in [0.1, 0.15) is 107 Å². The first-order chi connectivity index (χ1) is 17.9. The molecule has 220 valence electrons. The molecule has 6 nitrogen and oxygen atoms in total. The van der Waals surface area contributed by atoms with E-state index in [1.54, 1.807) is 19.1 Å². The van der Waals surface area contributed by atoms with Crippen LogP contribution in [-0.4, -0.2) is 57.9 Å². The van der Waals surface area contributed by atoms with Crippen molar-refractivity contribution in [1.29, 1.82) is 0 Å². The van der Waals surface area contributed by atoms with Crippen LogP contribution in [0.25, 0.3) is 0 Å². The maximum Gasteiger partial charge on any atom is 0.331 e. The van der Waals surface area contributed by atoms with E-state index in [2.05, 4.69) is 66.9 Å². The van der Waals surface area contributed by atoms with Crippen LogP contribution in [0.4, 0.5) is 0 Å². The van der Waals surface area contributed by atoms with Gasteiger partial charge >= 0.3 is 5.97 Å². The van der Waals surface area contributed by atoms with Crippen molar-refractivity contribution in [2.24, 2.45) is 27.7 Å². The van der Waals surface area contributed by atoms with Gasteiger partial charge in [0.05, 0.1) is 6.04 Å². The fourth-order valence-electron chi connectivity index (χ4n) is 5.75. The lowest BCUT2D eigenvalue weighted by atomic mass is 9.69. The molecule has 0 aromatic heterocycles. The molecule has 1 amide bonds. The van der Waals surface area contributed by atoms with Gasteiger partial charge in [-0.2, -0.15) is 0 Å². The zero-order chi connectivity index (χ0) is 29.8. The highest BCUT2D eigenvalue weighted by atomic mass is 16.4. The summed E-state index contributed by atoms with van der Waals surface area (Å²) in [6.45, 7) is 24.4. The van der Waals surface area contributed by atoms with Gasteiger partial charge in [-0.15, -0.1) is 0 Å². The Labute approximate surface area is 238 Å². The molecule has 2 aliphatic rings. The highest BCUT2D eigenvalue weighted by Crippen LogP contribution is 2.48. The van der Waals surface area contributed by atoms with Crippen LogP contribution in [0.5, 0.6) is 0 Å². The summed E-state index contributed by atoms with van der Waals surface area (Å²) < 4.78 is 0. The molecular weight excluding hydrogens is 486 g/mol. The summed E-state index contributed by atoms with van der Waals surface area (Å²) in [5.74, 6) is 0.720. The van der Waals surface area contributed by atoms with Gasteiger partial charge in [0.2, 0.25) is 0 Å². The molecule has 0 aromatic rings. The van der Waals surface area contributed by atoms with Crippen LogP contribution in [0, 0.1) is 22.7 Å². The smallest absolute Gasteiger partial charge is 0.331 e. The normalized spacial score (nSPS) is 23.9. The number of hydrogen-bond donors (Lipinski definition) is 1. The minimum atomic E-state index is -0.951. The van der Waals surface area contributed by atoms with E-state index in [4.69, 9.17) is 4.99 Å². The molecule has 6 heteroatoms. The Hall–Kier alpha value is -2.37. The van der Waals surface area contributed by atoms with Gasteiger partial charge in [0, 0.05) is 19.2 Å². The van der Waals surface area contributed by atoms with Crippen LogP contribution in [0.15, 0.2) is 40.9 Å². The van der Waals surface area contributed by atoms with Crippen LogP contribution >= 0.6 is 0 Å². The second-order valence-electron chi connectivity index (χ2n) is 14.5. The topological polar surface area (TPSA) is 73.2 Å². The second kappa shape index (κ2) is 12.9. The summed E-state index contributed by atoms with van der Waals surface area (Å²) in [6.07, 6.45) is 11.6. The van der Waals surface area contributed by atoms with E-state index in [9.17, 15) is 14.7 Å². The molecule has 0 aromatic carbocycles. The zero-order valence-corrected chi connectivity index (χ0v) is 26.4. The van der Waals surface area contributed by atoms with Crippen molar-refractivity contribution >= 4 is 17.7 Å². The molecule has 2 rings (SSSR count). The van der Waals surface area contributed by atoms with E-state index < -0.39 is 11.6 Å². The van der Waals surface area contributed by atoms with E-state index in [0.717, 1.165) is 57.1 Å². The molecule has 1 unspecified atom stereocenters. The average molecular weight is 542 g/mol. The highest BCUT2D eigenvalue weighted by molar-refractivity contribution is 6.39. The van der Waals surface area contributed by atoms with Crippen molar-refractivity contribution in [3.63, 3.8) is 0 Å². The summed E-state index contributed by atoms with van der Waals surface area (Å²) >= 11 is 0. The van der Waals surface area contributed by atoms with Crippen molar-refractivity contribution < 1.29 is 14.7 Å². The molecule has 1 fully saturated rings. The molecule has 1 heterocycles. The molecule has 1 N–H and O–H groups in total. The molecule has 1 atom stereocenters. The summed E-state index contributed by atoms with van der Waals surface area (Å²) in [7, 11) is 1.99. The largest absolute Gasteiger partial charge is 0.478 e. The number of carboxylic acids is 1. The predicted octanol–water partition coefficient (Wildman–Crippen LogP) is 7.48. The van der Waals surface area contributed by atoms with Gasteiger partial charge in [0.15, 0.2) is 5.84 Å². The average Bonchev–Trinajstić information content (AvgIpc) is 3.09. The first-order valence-corrected chi connectivity index (χ1v) is 14.8. The van der Waals surface area contributed by atoms with Gasteiger partial charge in [-0.25, -0.2) is 9.79 Å². The monoisotopic (exact) mass is 541 g/mol. The van der Waals surface area contributed by atoms with E-state index in [0.29, 0.717) is 17.7 Å². The third-order valence-electron chi connectivity index (χ3n) is 8.55. The Morgan fingerprint density at radius 1 is 1.15 bits per heavy atom. The summed E-state index contributed by atoms with van der Waals surface area (Å²) in [5, 5.41) is 9.43. The summed E-state index contributed by atoms with van der Waals surface area (Å²) in [4.78, 5) is 35.3. The second-order valence-corrected chi connectivity index (χ2v) is 14.5. The molecule has 0 bridgehead atoms. The maximum atomic E-state index is 14.4. The minimum Gasteiger partial charge on any atom is -0.478 e. The van der Waals surface area contributed by atoms with Crippen LogP contribution < -0.4 is 0 Å². The van der Waals surface area contributed by atoms with Crippen molar-refractivity contribution in [2.75, 3.05) is 13.6 Å². The molecule has 1 aliphatic heterocycles. The standard InChI is InChI=1S/C33H55N3O3/c1-12-25(14-13-24(4)30(38)39)27(17-19-31(5,6)7)36-29(37)28(35(11)22-18-23(2)3)34-33(36)20-15-26(16-21-33)32(8,9)10/h12-14,23,26-27H,1,15-22H2,2-11H3,(H,38,39). The molecule has 1 aliphatic carbocycles. The number of amidine groups is 1. The maximum absolute atomic E-state index is 14.4. The molecule has 1 saturated carbocycles. The van der Waals surface area contributed by atoms with Gasteiger partial charge in [-0.05, 0) is 80.1 Å². The van der Waals surface area contributed by atoms with Crippen LogP contribution in [0.2, 0.25) is 0 Å². The van der Waals surface area contributed by atoms with Gasteiger partial charge < -0.3 is 14.9 Å². The lowest BCUT2D eigenvalue weighted by molar-refractivity contribution is -0.133. The van der Waals surface area contributed by atoms with E-state index >= 15 is 0 Å². The van der Waals surface area contributed by atoms with Crippen molar-refractivity contribution in [3.8, 4) is 0 Å². The minimum absolute atomic E-state index is 0.0129. The summed E-state index contributed by atoms with van der Waals surface area (Å²) in [5.41, 5.74) is 0.826. The lowest BCUT2D eigenvalue weighted by Gasteiger charge is -2.47. The van der Waals surface area contributed by atoms with E-state index in [1.807, 2.05) is 18.0 Å². The number of hydrogen-bond acceptors (Lipinski definition) is 4. The first-order valence-electron chi connectivity index (χ1n) is 14.8. The number of likely N-dealkylation sites (N-methyl/N-ethyl adjacent to an activating group) is 1. The van der Waals surface area contributed by atoms with Gasteiger partial charge in [-0.1, -0.05) is 80.2 Å². The number of carbonyl (C=O) groups excluding carboxylic acids is 1. The summed E-state index contributed by atoms with van der Waals surface area (Å²) in [6, 6.07) is -0.238. The van der Waals surface area contributed by atoms with Crippen molar-refractivity contribution in [2.45, 2.75) is 119 Å². The molecule has 0 saturated heterocycles. The predicted molar refractivity (Wildman–Crippen MR) is 163 cm³/mol. The number of allylic oxidation sites excluding steroid dienone is 2. The van der Waals surface area contributed by atoms with Crippen molar-refractivity contribution in [1.82, 2.24) is 9.80 Å². The fourth-order valence-corrected chi connectivity index (χ4v) is 5.75. The van der Waals surface area contributed by atoms with Crippen molar-refractivity contribution in [3.05, 3.63) is 36.0 Å². The van der Waals surface area contributed by atoms with E-state index in [1.165, 1.54) is 0 Å². The Kier molecular flexibility index (Phi) is 10.8. The Balaban J connectivity index is 2.62. The SMILES string of the molecule is C=CC(=CC=C(C)C(=O)O)C(CCC(C)(C)C)N1C(=O)C(N(C)CCC(C)C)=NC12CCC(C(C)(C)C)CC2. The number of rotatable bonds is 10. The third-order valence-corrected chi connectivity index (χ3v) is 8.55. The number of nitrogens with zero attached hydrogens (tertiary/aromatic N) is 3. The van der Waals surface area contributed by atoms with Gasteiger partial charge in [-0.3, -0.25) is 4.79 Å². The lowest BCUT2D eigenvalue weighted by Crippen LogP contribution is -2.55. The number of carboxylic acid groups (broad SMARTS) is 1. The first kappa shape index (κ1) is 32.8. The number of aliphatic carboxylic acids is 1. The fraction of sp³-hybridized carbons (Fsp3) is 0.727. The van der Waals surface area contributed by atoms with Crippen LogP contribution in [0.3, 0.4) is 0 Å².